The Balaban J connectivity index is 1.69. The predicted molar refractivity (Wildman–Crippen MR) is 96.3 cm³/mol. The number of benzene rings is 1. The number of nitrogens with two attached hydrogens (primary N) is 1. The molecule has 0 radical (unpaired) electrons. The molecule has 3 heterocycles. The second kappa shape index (κ2) is 6.33. The van der Waals surface area contributed by atoms with E-state index in [4.69, 9.17) is 10.5 Å². The van der Waals surface area contributed by atoms with Crippen LogP contribution in [0, 0.1) is 5.92 Å². The summed E-state index contributed by atoms with van der Waals surface area (Å²) in [6, 6.07) is 12.2. The molecule has 1 fully saturated rings. The van der Waals surface area contributed by atoms with Crippen molar-refractivity contribution in [2.24, 2.45) is 5.92 Å². The molecule has 0 bridgehead atoms. The number of hydrogen-bond donors (Lipinski definition) is 1. The third kappa shape index (κ3) is 3.02. The van der Waals surface area contributed by atoms with Gasteiger partial charge in [0.2, 0.25) is 5.95 Å². The van der Waals surface area contributed by atoms with Crippen molar-refractivity contribution >= 4 is 17.4 Å². The molecule has 0 amide bonds. The van der Waals surface area contributed by atoms with Crippen LogP contribution in [0.1, 0.15) is 25.5 Å². The van der Waals surface area contributed by atoms with Gasteiger partial charge < -0.3 is 15.4 Å². The summed E-state index contributed by atoms with van der Waals surface area (Å²) in [5.41, 5.74) is 7.94. The zero-order valence-corrected chi connectivity index (χ0v) is 14.4. The number of fused-ring (bicyclic) bond motifs is 1. The normalized spacial score (nSPS) is 21.2. The van der Waals surface area contributed by atoms with Crippen LogP contribution in [0.2, 0.25) is 0 Å². The minimum absolute atomic E-state index is 0.000490. The van der Waals surface area contributed by atoms with E-state index in [0.717, 1.165) is 18.9 Å². The van der Waals surface area contributed by atoms with E-state index in [2.05, 4.69) is 46.1 Å². The molecular weight excluding hydrogens is 316 g/mol. The number of morpholine rings is 1. The van der Waals surface area contributed by atoms with Gasteiger partial charge in [0.05, 0.1) is 6.10 Å². The Morgan fingerprint density at radius 2 is 2.00 bits per heavy atom. The van der Waals surface area contributed by atoms with E-state index in [9.17, 15) is 0 Å². The summed E-state index contributed by atoms with van der Waals surface area (Å²) in [5, 5.41) is 8.01. The maximum atomic E-state index is 6.35. The molecule has 2 N–H and O–H groups in total. The minimum atomic E-state index is -0.000490. The molecule has 1 aromatic carbocycles. The first-order valence-electron chi connectivity index (χ1n) is 8.53. The maximum Gasteiger partial charge on any atom is 0.209 e. The van der Waals surface area contributed by atoms with Gasteiger partial charge >= 0.3 is 0 Å². The Morgan fingerprint density at radius 1 is 1.20 bits per heavy atom. The van der Waals surface area contributed by atoms with Crippen LogP contribution in [0.5, 0.6) is 0 Å². The van der Waals surface area contributed by atoms with Gasteiger partial charge in [-0.05, 0) is 11.5 Å². The molecule has 130 valence electrons. The predicted octanol–water partition coefficient (Wildman–Crippen LogP) is 2.31. The van der Waals surface area contributed by atoms with E-state index in [-0.39, 0.29) is 12.2 Å². The second-order valence-corrected chi connectivity index (χ2v) is 6.75. The van der Waals surface area contributed by atoms with Gasteiger partial charge in [-0.3, -0.25) is 4.40 Å². The molecule has 1 aliphatic rings. The highest BCUT2D eigenvalue weighted by Crippen LogP contribution is 2.31. The molecule has 7 nitrogen and oxygen atoms in total. The van der Waals surface area contributed by atoms with Crippen molar-refractivity contribution in [2.75, 3.05) is 23.7 Å². The average molecular weight is 338 g/mol. The summed E-state index contributed by atoms with van der Waals surface area (Å²) in [7, 11) is 0. The lowest BCUT2D eigenvalue weighted by atomic mass is 10.0. The second-order valence-electron chi connectivity index (χ2n) is 6.75. The van der Waals surface area contributed by atoms with Crippen molar-refractivity contribution in [1.29, 1.82) is 0 Å². The number of ether oxygens (including phenoxy) is 1. The Labute approximate surface area is 146 Å². The molecule has 25 heavy (non-hydrogen) atoms. The summed E-state index contributed by atoms with van der Waals surface area (Å²) in [6.07, 6.45) is 1.69. The lowest BCUT2D eigenvalue weighted by molar-refractivity contribution is -0.0500. The highest BCUT2D eigenvalue weighted by atomic mass is 16.5. The fourth-order valence-electron chi connectivity index (χ4n) is 3.20. The third-order valence-electron chi connectivity index (χ3n) is 4.67. The molecular formula is C18H22N6O. The first-order chi connectivity index (χ1) is 12.1. The quantitative estimate of drug-likeness (QED) is 0.789. The number of nitrogens with zero attached hydrogens (tertiary/aromatic N) is 5. The minimum Gasteiger partial charge on any atom is -0.369 e. The fourth-order valence-corrected chi connectivity index (χ4v) is 3.20. The van der Waals surface area contributed by atoms with Crippen LogP contribution < -0.4 is 10.6 Å². The largest absolute Gasteiger partial charge is 0.369 e. The van der Waals surface area contributed by atoms with E-state index in [0.29, 0.717) is 17.5 Å². The summed E-state index contributed by atoms with van der Waals surface area (Å²) >= 11 is 0. The van der Waals surface area contributed by atoms with Crippen LogP contribution in [0.15, 0.2) is 42.7 Å². The summed E-state index contributed by atoms with van der Waals surface area (Å²) in [6.45, 7) is 5.86. The lowest BCUT2D eigenvalue weighted by Gasteiger charge is -2.40. The fraction of sp³-hybridized carbons (Fsp3) is 0.389. The molecule has 2 atom stereocenters. The lowest BCUT2D eigenvalue weighted by Crippen LogP contribution is -2.46. The molecule has 7 heteroatoms. The SMILES string of the molecule is CC(C)[C@H]1CN(c2cc3nncn3c(N)n2)C[C@@H](c2ccccc2)O1. The van der Waals surface area contributed by atoms with Crippen LogP contribution in [0.3, 0.4) is 0 Å². The molecule has 1 aliphatic heterocycles. The van der Waals surface area contributed by atoms with Crippen LogP contribution in [-0.2, 0) is 4.74 Å². The van der Waals surface area contributed by atoms with Crippen LogP contribution >= 0.6 is 0 Å². The molecule has 0 unspecified atom stereocenters. The highest BCUT2D eigenvalue weighted by Gasteiger charge is 2.31. The zero-order chi connectivity index (χ0) is 17.4. The topological polar surface area (TPSA) is 81.6 Å². The molecule has 0 saturated carbocycles. The van der Waals surface area contributed by atoms with E-state index in [1.54, 1.807) is 10.7 Å². The van der Waals surface area contributed by atoms with Gasteiger partial charge in [-0.2, -0.15) is 4.98 Å². The first kappa shape index (κ1) is 15.8. The van der Waals surface area contributed by atoms with Gasteiger partial charge in [-0.15, -0.1) is 10.2 Å². The summed E-state index contributed by atoms with van der Waals surface area (Å²) < 4.78 is 8.03. The number of anilines is 2. The van der Waals surface area contributed by atoms with E-state index in [1.165, 1.54) is 5.56 Å². The third-order valence-corrected chi connectivity index (χ3v) is 4.67. The Morgan fingerprint density at radius 3 is 2.76 bits per heavy atom. The number of rotatable bonds is 3. The van der Waals surface area contributed by atoms with Gasteiger partial charge in [0.15, 0.2) is 5.65 Å². The molecule has 4 rings (SSSR count). The summed E-state index contributed by atoms with van der Waals surface area (Å²) in [5.74, 6) is 1.61. The van der Waals surface area contributed by atoms with Crippen molar-refractivity contribution in [3.05, 3.63) is 48.3 Å². The monoisotopic (exact) mass is 338 g/mol. The van der Waals surface area contributed by atoms with Crippen LogP contribution in [-0.4, -0.2) is 38.8 Å². The molecule has 1 saturated heterocycles. The van der Waals surface area contributed by atoms with E-state index < -0.39 is 0 Å². The zero-order valence-electron chi connectivity index (χ0n) is 14.4. The van der Waals surface area contributed by atoms with Crippen molar-refractivity contribution < 1.29 is 4.74 Å². The Bertz CT molecular complexity index is 862. The first-order valence-corrected chi connectivity index (χ1v) is 8.53. The van der Waals surface area contributed by atoms with Crippen molar-refractivity contribution in [3.8, 4) is 0 Å². The van der Waals surface area contributed by atoms with Gasteiger partial charge in [0.25, 0.3) is 0 Å². The van der Waals surface area contributed by atoms with Gasteiger partial charge in [0, 0.05) is 19.2 Å². The Kier molecular flexibility index (Phi) is 4.01. The van der Waals surface area contributed by atoms with Gasteiger partial charge in [0.1, 0.15) is 18.2 Å². The van der Waals surface area contributed by atoms with E-state index in [1.807, 2.05) is 24.3 Å². The number of nitrogen functional groups attached to an aromatic ring is 1. The van der Waals surface area contributed by atoms with E-state index >= 15 is 0 Å². The van der Waals surface area contributed by atoms with Crippen molar-refractivity contribution in [2.45, 2.75) is 26.1 Å². The Hall–Kier alpha value is -2.67. The smallest absolute Gasteiger partial charge is 0.209 e. The van der Waals surface area contributed by atoms with Crippen molar-refractivity contribution in [1.82, 2.24) is 19.6 Å². The number of hydrogen-bond acceptors (Lipinski definition) is 6. The molecule has 3 aromatic rings. The van der Waals surface area contributed by atoms with Crippen LogP contribution in [0.25, 0.3) is 5.65 Å². The molecule has 0 spiro atoms. The number of aromatic nitrogens is 4. The van der Waals surface area contributed by atoms with Crippen LogP contribution in [0.4, 0.5) is 11.8 Å². The van der Waals surface area contributed by atoms with Gasteiger partial charge in [-0.25, -0.2) is 0 Å². The van der Waals surface area contributed by atoms with Gasteiger partial charge in [-0.1, -0.05) is 44.2 Å². The summed E-state index contributed by atoms with van der Waals surface area (Å²) in [4.78, 5) is 6.78. The molecule has 0 aliphatic carbocycles. The highest BCUT2D eigenvalue weighted by molar-refractivity contribution is 5.55. The molecule has 2 aromatic heterocycles. The maximum absolute atomic E-state index is 6.35. The standard InChI is InChI=1S/C18H22N6O/c1-12(2)14-9-23(10-15(25-14)13-6-4-3-5-7-13)16-8-17-22-20-11-24(17)18(19)21-16/h3-8,11-12,14-15H,9-10H2,1-2H3,(H2,19,21)/t14-,15+/m1/s1. The average Bonchev–Trinajstić information content (AvgIpc) is 3.11. The van der Waals surface area contributed by atoms with Crippen molar-refractivity contribution in [3.63, 3.8) is 0 Å².